The standard InChI is InChI=1S/C19H23N3O3S/c1-12(2)17(22-18(24)15-5-4-10-26-15)19(25)21-14-8-6-13(7-9-14)11-16(23)20-3/h4-10,12,17H,11H2,1-3H3,(H,20,23)(H,21,25)(H,22,24). The maximum absolute atomic E-state index is 12.6. The fraction of sp³-hybridized carbons (Fsp3) is 0.316. The number of thiophene rings is 1. The largest absolute Gasteiger partial charge is 0.359 e. The highest BCUT2D eigenvalue weighted by Crippen LogP contribution is 2.14. The molecular formula is C19H23N3O3S. The van der Waals surface area contributed by atoms with E-state index in [1.54, 1.807) is 43.4 Å². The van der Waals surface area contributed by atoms with Gasteiger partial charge in [-0.15, -0.1) is 11.3 Å². The summed E-state index contributed by atoms with van der Waals surface area (Å²) < 4.78 is 0. The average molecular weight is 373 g/mol. The molecule has 26 heavy (non-hydrogen) atoms. The summed E-state index contributed by atoms with van der Waals surface area (Å²) in [6.45, 7) is 3.76. The molecule has 0 aliphatic heterocycles. The van der Waals surface area contributed by atoms with Gasteiger partial charge in [0, 0.05) is 12.7 Å². The molecule has 2 rings (SSSR count). The molecule has 2 aromatic rings. The number of anilines is 1. The van der Waals surface area contributed by atoms with Crippen molar-refractivity contribution < 1.29 is 14.4 Å². The third-order valence-electron chi connectivity index (χ3n) is 3.85. The molecule has 3 amide bonds. The van der Waals surface area contributed by atoms with Crippen LogP contribution in [0.3, 0.4) is 0 Å². The van der Waals surface area contributed by atoms with Gasteiger partial charge in [-0.25, -0.2) is 0 Å². The molecule has 0 saturated heterocycles. The first-order valence-corrected chi connectivity index (χ1v) is 9.23. The zero-order chi connectivity index (χ0) is 19.1. The van der Waals surface area contributed by atoms with E-state index in [9.17, 15) is 14.4 Å². The Morgan fingerprint density at radius 1 is 1.08 bits per heavy atom. The smallest absolute Gasteiger partial charge is 0.262 e. The van der Waals surface area contributed by atoms with Crippen LogP contribution in [0.2, 0.25) is 0 Å². The van der Waals surface area contributed by atoms with E-state index in [0.717, 1.165) is 5.56 Å². The zero-order valence-electron chi connectivity index (χ0n) is 15.0. The lowest BCUT2D eigenvalue weighted by atomic mass is 10.0. The van der Waals surface area contributed by atoms with Crippen molar-refractivity contribution in [2.45, 2.75) is 26.3 Å². The number of carbonyl (C=O) groups is 3. The van der Waals surface area contributed by atoms with Crippen LogP contribution in [0.1, 0.15) is 29.1 Å². The molecule has 0 saturated carbocycles. The van der Waals surface area contributed by atoms with Crippen LogP contribution >= 0.6 is 11.3 Å². The number of nitrogens with one attached hydrogen (secondary N) is 3. The third kappa shape index (κ3) is 5.42. The first-order valence-electron chi connectivity index (χ1n) is 8.35. The van der Waals surface area contributed by atoms with Crippen LogP contribution in [0.5, 0.6) is 0 Å². The van der Waals surface area contributed by atoms with Crippen molar-refractivity contribution in [3.8, 4) is 0 Å². The average Bonchev–Trinajstić information content (AvgIpc) is 3.15. The van der Waals surface area contributed by atoms with E-state index < -0.39 is 6.04 Å². The van der Waals surface area contributed by atoms with Crippen LogP contribution in [0.4, 0.5) is 5.69 Å². The molecule has 0 aliphatic carbocycles. The van der Waals surface area contributed by atoms with E-state index in [0.29, 0.717) is 10.6 Å². The van der Waals surface area contributed by atoms with Crippen LogP contribution in [-0.2, 0) is 16.0 Å². The van der Waals surface area contributed by atoms with Crippen molar-refractivity contribution in [2.75, 3.05) is 12.4 Å². The van der Waals surface area contributed by atoms with Crippen molar-refractivity contribution in [1.82, 2.24) is 10.6 Å². The van der Waals surface area contributed by atoms with Crippen LogP contribution in [0.15, 0.2) is 41.8 Å². The molecular weight excluding hydrogens is 350 g/mol. The number of amides is 3. The maximum atomic E-state index is 12.6. The van der Waals surface area contributed by atoms with Gasteiger partial charge in [0.2, 0.25) is 11.8 Å². The Balaban J connectivity index is 2.00. The second-order valence-corrected chi connectivity index (χ2v) is 7.16. The lowest BCUT2D eigenvalue weighted by Gasteiger charge is -2.21. The van der Waals surface area contributed by atoms with Gasteiger partial charge in [0.1, 0.15) is 6.04 Å². The molecule has 0 aliphatic rings. The first kappa shape index (κ1) is 19.7. The second-order valence-electron chi connectivity index (χ2n) is 6.21. The Morgan fingerprint density at radius 2 is 1.77 bits per heavy atom. The highest BCUT2D eigenvalue weighted by molar-refractivity contribution is 7.12. The topological polar surface area (TPSA) is 87.3 Å². The fourth-order valence-electron chi connectivity index (χ4n) is 2.35. The van der Waals surface area contributed by atoms with Gasteiger partial charge in [0.25, 0.3) is 5.91 Å². The van der Waals surface area contributed by atoms with Crippen LogP contribution in [-0.4, -0.2) is 30.8 Å². The summed E-state index contributed by atoms with van der Waals surface area (Å²) in [4.78, 5) is 36.8. The van der Waals surface area contributed by atoms with E-state index in [1.807, 2.05) is 19.2 Å². The van der Waals surface area contributed by atoms with E-state index in [2.05, 4.69) is 16.0 Å². The van der Waals surface area contributed by atoms with E-state index >= 15 is 0 Å². The predicted octanol–water partition coefficient (Wildman–Crippen LogP) is 2.43. The summed E-state index contributed by atoms with van der Waals surface area (Å²) >= 11 is 1.33. The van der Waals surface area contributed by atoms with Gasteiger partial charge >= 0.3 is 0 Å². The summed E-state index contributed by atoms with van der Waals surface area (Å²) in [5.74, 6) is -0.664. The predicted molar refractivity (Wildman–Crippen MR) is 103 cm³/mol. The fourth-order valence-corrected chi connectivity index (χ4v) is 2.98. The Morgan fingerprint density at radius 3 is 2.31 bits per heavy atom. The van der Waals surface area contributed by atoms with Gasteiger partial charge in [0.15, 0.2) is 0 Å². The van der Waals surface area contributed by atoms with Gasteiger partial charge in [-0.05, 0) is 35.1 Å². The first-order chi connectivity index (χ1) is 12.4. The number of hydrogen-bond acceptors (Lipinski definition) is 4. The molecule has 6 nitrogen and oxygen atoms in total. The van der Waals surface area contributed by atoms with Crippen LogP contribution in [0, 0.1) is 5.92 Å². The molecule has 0 bridgehead atoms. The normalized spacial score (nSPS) is 11.7. The lowest BCUT2D eigenvalue weighted by molar-refractivity contribution is -0.120. The number of hydrogen-bond donors (Lipinski definition) is 3. The van der Waals surface area contributed by atoms with Crippen molar-refractivity contribution in [3.05, 3.63) is 52.2 Å². The molecule has 7 heteroatoms. The van der Waals surface area contributed by atoms with Crippen molar-refractivity contribution in [1.29, 1.82) is 0 Å². The molecule has 0 spiro atoms. The Hall–Kier alpha value is -2.67. The molecule has 1 unspecified atom stereocenters. The van der Waals surface area contributed by atoms with Gasteiger partial charge in [-0.3, -0.25) is 14.4 Å². The van der Waals surface area contributed by atoms with Crippen molar-refractivity contribution in [3.63, 3.8) is 0 Å². The molecule has 0 fully saturated rings. The van der Waals surface area contributed by atoms with E-state index in [1.165, 1.54) is 11.3 Å². The maximum Gasteiger partial charge on any atom is 0.262 e. The van der Waals surface area contributed by atoms with Gasteiger partial charge in [-0.1, -0.05) is 32.0 Å². The molecule has 1 aromatic heterocycles. The third-order valence-corrected chi connectivity index (χ3v) is 4.71. The second kappa shape index (κ2) is 9.15. The molecule has 3 N–H and O–H groups in total. The Bertz CT molecular complexity index is 755. The number of rotatable bonds is 7. The zero-order valence-corrected chi connectivity index (χ0v) is 15.9. The van der Waals surface area contributed by atoms with E-state index in [-0.39, 0.29) is 30.1 Å². The molecule has 0 radical (unpaired) electrons. The summed E-state index contributed by atoms with van der Waals surface area (Å²) in [6.07, 6.45) is 0.288. The minimum atomic E-state index is -0.643. The lowest BCUT2D eigenvalue weighted by Crippen LogP contribution is -2.46. The highest BCUT2D eigenvalue weighted by atomic mass is 32.1. The highest BCUT2D eigenvalue weighted by Gasteiger charge is 2.25. The van der Waals surface area contributed by atoms with Crippen LogP contribution in [0.25, 0.3) is 0 Å². The molecule has 1 heterocycles. The summed E-state index contributed by atoms with van der Waals surface area (Å²) in [6, 6.07) is 9.95. The van der Waals surface area contributed by atoms with Gasteiger partial charge < -0.3 is 16.0 Å². The SMILES string of the molecule is CNC(=O)Cc1ccc(NC(=O)C(NC(=O)c2cccs2)C(C)C)cc1. The Labute approximate surface area is 157 Å². The number of carbonyl (C=O) groups excluding carboxylic acids is 3. The van der Waals surface area contributed by atoms with Gasteiger partial charge in [-0.2, -0.15) is 0 Å². The monoisotopic (exact) mass is 373 g/mol. The van der Waals surface area contributed by atoms with Crippen molar-refractivity contribution >= 4 is 34.7 Å². The van der Waals surface area contributed by atoms with E-state index in [4.69, 9.17) is 0 Å². The quantitative estimate of drug-likeness (QED) is 0.697. The minimum Gasteiger partial charge on any atom is -0.359 e. The summed E-state index contributed by atoms with van der Waals surface area (Å²) in [5.41, 5.74) is 1.47. The molecule has 1 atom stereocenters. The van der Waals surface area contributed by atoms with Crippen LogP contribution < -0.4 is 16.0 Å². The molecule has 138 valence electrons. The number of benzene rings is 1. The van der Waals surface area contributed by atoms with Gasteiger partial charge in [0.05, 0.1) is 11.3 Å². The van der Waals surface area contributed by atoms with Crippen molar-refractivity contribution in [2.24, 2.45) is 5.92 Å². The minimum absolute atomic E-state index is 0.0635. The molecule has 1 aromatic carbocycles. The summed E-state index contributed by atoms with van der Waals surface area (Å²) in [7, 11) is 1.59. The number of likely N-dealkylation sites (N-methyl/N-ethyl adjacent to an activating group) is 1. The summed E-state index contributed by atoms with van der Waals surface area (Å²) in [5, 5.41) is 10.00. The Kier molecular flexibility index (Phi) is 6.91.